The van der Waals surface area contributed by atoms with E-state index in [0.717, 1.165) is 16.9 Å². The Balaban J connectivity index is 2.56. The van der Waals surface area contributed by atoms with E-state index in [9.17, 15) is 0 Å². The molecule has 2 aromatic heterocycles. The second kappa shape index (κ2) is 3.60. The summed E-state index contributed by atoms with van der Waals surface area (Å²) < 4.78 is 1.69. The van der Waals surface area contributed by atoms with Crippen LogP contribution in [0.2, 0.25) is 0 Å². The third kappa shape index (κ3) is 1.71. The molecular weight excluding hydrogens is 192 g/mol. The lowest BCUT2D eigenvalue weighted by Gasteiger charge is -2.01. The highest BCUT2D eigenvalue weighted by Crippen LogP contribution is 2.12. The Labute approximate surface area is 87.6 Å². The van der Waals surface area contributed by atoms with Crippen molar-refractivity contribution in [2.45, 2.75) is 19.9 Å². The number of hydrogen-bond acceptors (Lipinski definition) is 4. The minimum Gasteiger partial charge on any atom is -0.394 e. The van der Waals surface area contributed by atoms with Gasteiger partial charge in [0.2, 0.25) is 0 Å². The van der Waals surface area contributed by atoms with E-state index in [0.29, 0.717) is 5.69 Å². The number of nitrogens with two attached hydrogens (primary N) is 1. The van der Waals surface area contributed by atoms with E-state index in [-0.39, 0.29) is 6.61 Å². The molecule has 0 saturated carbocycles. The van der Waals surface area contributed by atoms with E-state index in [1.165, 1.54) is 0 Å². The predicted molar refractivity (Wildman–Crippen MR) is 56.5 cm³/mol. The van der Waals surface area contributed by atoms with Crippen LogP contribution in [0.25, 0.3) is 5.65 Å². The van der Waals surface area contributed by atoms with Crippen LogP contribution in [0.3, 0.4) is 0 Å². The largest absolute Gasteiger partial charge is 0.394 e. The third-order valence-corrected chi connectivity index (χ3v) is 2.48. The van der Waals surface area contributed by atoms with E-state index in [1.54, 1.807) is 10.6 Å². The van der Waals surface area contributed by atoms with Gasteiger partial charge in [-0.2, -0.15) is 5.10 Å². The molecule has 0 amide bonds. The van der Waals surface area contributed by atoms with Crippen LogP contribution in [0, 0.1) is 13.8 Å². The van der Waals surface area contributed by atoms with Gasteiger partial charge in [0.25, 0.3) is 0 Å². The normalized spacial score (nSPS) is 13.3. The van der Waals surface area contributed by atoms with Gasteiger partial charge < -0.3 is 10.8 Å². The zero-order valence-corrected chi connectivity index (χ0v) is 8.81. The summed E-state index contributed by atoms with van der Waals surface area (Å²) in [4.78, 5) is 4.38. The molecule has 0 saturated heterocycles. The molecule has 0 fully saturated rings. The lowest BCUT2D eigenvalue weighted by Crippen LogP contribution is -2.14. The quantitative estimate of drug-likeness (QED) is 0.742. The van der Waals surface area contributed by atoms with Crippen molar-refractivity contribution in [1.29, 1.82) is 0 Å². The number of aliphatic hydroxyl groups is 1. The molecule has 1 unspecified atom stereocenters. The molecule has 0 aromatic carbocycles. The summed E-state index contributed by atoms with van der Waals surface area (Å²) >= 11 is 0. The highest BCUT2D eigenvalue weighted by atomic mass is 16.3. The van der Waals surface area contributed by atoms with E-state index >= 15 is 0 Å². The van der Waals surface area contributed by atoms with Crippen molar-refractivity contribution in [1.82, 2.24) is 14.6 Å². The molecule has 1 atom stereocenters. The van der Waals surface area contributed by atoms with Crippen molar-refractivity contribution in [3.63, 3.8) is 0 Å². The molecule has 2 aromatic rings. The van der Waals surface area contributed by atoms with Crippen molar-refractivity contribution >= 4 is 5.65 Å². The van der Waals surface area contributed by atoms with Gasteiger partial charge in [0, 0.05) is 18.0 Å². The first-order valence-corrected chi connectivity index (χ1v) is 4.82. The molecule has 0 aliphatic rings. The fourth-order valence-corrected chi connectivity index (χ4v) is 1.39. The van der Waals surface area contributed by atoms with Gasteiger partial charge in [-0.25, -0.2) is 9.50 Å². The fourth-order valence-electron chi connectivity index (χ4n) is 1.39. The standard InChI is InChI=1S/C10H14N4O/c1-6-4-14-10(12-7(6)2)3-9(13-14)8(11)5-15/h3-4,8,15H,5,11H2,1-2H3. The minimum atomic E-state index is -0.438. The van der Waals surface area contributed by atoms with Crippen molar-refractivity contribution in [3.8, 4) is 0 Å². The van der Waals surface area contributed by atoms with Crippen LogP contribution in [0.1, 0.15) is 23.0 Å². The van der Waals surface area contributed by atoms with Crippen LogP contribution < -0.4 is 5.73 Å². The monoisotopic (exact) mass is 206 g/mol. The molecule has 0 aliphatic carbocycles. The Kier molecular flexibility index (Phi) is 2.42. The number of nitrogens with zero attached hydrogens (tertiary/aromatic N) is 3. The number of aromatic nitrogens is 3. The SMILES string of the molecule is Cc1cn2nc(C(N)CO)cc2nc1C. The zero-order valence-electron chi connectivity index (χ0n) is 8.81. The van der Waals surface area contributed by atoms with Crippen LogP contribution in [-0.2, 0) is 0 Å². The van der Waals surface area contributed by atoms with Crippen LogP contribution in [0.15, 0.2) is 12.3 Å². The third-order valence-electron chi connectivity index (χ3n) is 2.48. The smallest absolute Gasteiger partial charge is 0.155 e. The molecule has 0 spiro atoms. The number of aryl methyl sites for hydroxylation is 2. The summed E-state index contributed by atoms with van der Waals surface area (Å²) in [5, 5.41) is 13.2. The first-order chi connectivity index (χ1) is 7.11. The lowest BCUT2D eigenvalue weighted by molar-refractivity contribution is 0.265. The van der Waals surface area contributed by atoms with Gasteiger partial charge in [-0.3, -0.25) is 0 Å². The highest BCUT2D eigenvalue weighted by Gasteiger charge is 2.10. The Morgan fingerprint density at radius 3 is 2.93 bits per heavy atom. The van der Waals surface area contributed by atoms with Crippen molar-refractivity contribution in [2.24, 2.45) is 5.73 Å². The van der Waals surface area contributed by atoms with Crippen LogP contribution in [0.5, 0.6) is 0 Å². The second-order valence-electron chi connectivity index (χ2n) is 3.67. The van der Waals surface area contributed by atoms with Gasteiger partial charge in [-0.05, 0) is 19.4 Å². The summed E-state index contributed by atoms with van der Waals surface area (Å²) in [6.45, 7) is 3.82. The molecule has 2 rings (SSSR count). The average molecular weight is 206 g/mol. The number of rotatable bonds is 2. The molecule has 15 heavy (non-hydrogen) atoms. The predicted octanol–water partition coefficient (Wildman–Crippen LogP) is 0.338. The number of fused-ring (bicyclic) bond motifs is 1. The maximum absolute atomic E-state index is 8.93. The fraction of sp³-hybridized carbons (Fsp3) is 0.400. The van der Waals surface area contributed by atoms with Crippen molar-refractivity contribution in [3.05, 3.63) is 29.2 Å². The Bertz CT molecular complexity index is 452. The van der Waals surface area contributed by atoms with E-state index in [1.807, 2.05) is 20.0 Å². The summed E-state index contributed by atoms with van der Waals surface area (Å²) in [6, 6.07) is 1.36. The molecule has 5 nitrogen and oxygen atoms in total. The van der Waals surface area contributed by atoms with E-state index < -0.39 is 6.04 Å². The maximum Gasteiger partial charge on any atom is 0.155 e. The van der Waals surface area contributed by atoms with E-state index in [4.69, 9.17) is 10.8 Å². The maximum atomic E-state index is 8.93. The van der Waals surface area contributed by atoms with Crippen molar-refractivity contribution in [2.75, 3.05) is 6.61 Å². The summed E-state index contributed by atoms with van der Waals surface area (Å²) in [6.07, 6.45) is 1.91. The Morgan fingerprint density at radius 1 is 1.53 bits per heavy atom. The molecular formula is C10H14N4O. The molecule has 0 radical (unpaired) electrons. The number of hydrogen-bond donors (Lipinski definition) is 2. The van der Waals surface area contributed by atoms with Gasteiger partial charge >= 0.3 is 0 Å². The first-order valence-electron chi connectivity index (χ1n) is 4.82. The van der Waals surface area contributed by atoms with Crippen molar-refractivity contribution < 1.29 is 5.11 Å². The minimum absolute atomic E-state index is 0.109. The lowest BCUT2D eigenvalue weighted by atomic mass is 10.2. The average Bonchev–Trinajstić information content (AvgIpc) is 2.60. The molecule has 3 N–H and O–H groups in total. The van der Waals surface area contributed by atoms with E-state index in [2.05, 4.69) is 10.1 Å². The van der Waals surface area contributed by atoms with Crippen LogP contribution in [-0.4, -0.2) is 26.3 Å². The Hall–Kier alpha value is -1.46. The highest BCUT2D eigenvalue weighted by molar-refractivity contribution is 5.42. The van der Waals surface area contributed by atoms with Crippen LogP contribution in [0.4, 0.5) is 0 Å². The summed E-state index contributed by atoms with van der Waals surface area (Å²) in [7, 11) is 0. The molecule has 2 heterocycles. The number of aliphatic hydroxyl groups excluding tert-OH is 1. The molecule has 0 aliphatic heterocycles. The summed E-state index contributed by atoms with van der Waals surface area (Å²) in [5.74, 6) is 0. The van der Waals surface area contributed by atoms with Gasteiger partial charge in [0.1, 0.15) is 0 Å². The Morgan fingerprint density at radius 2 is 2.27 bits per heavy atom. The topological polar surface area (TPSA) is 76.4 Å². The van der Waals surface area contributed by atoms with Crippen LogP contribution >= 0.6 is 0 Å². The van der Waals surface area contributed by atoms with Gasteiger partial charge in [0.15, 0.2) is 5.65 Å². The summed E-state index contributed by atoms with van der Waals surface area (Å²) in [5.41, 5.74) is 9.16. The van der Waals surface area contributed by atoms with Gasteiger partial charge in [-0.1, -0.05) is 0 Å². The molecule has 80 valence electrons. The van der Waals surface area contributed by atoms with Gasteiger partial charge in [0.05, 0.1) is 18.3 Å². The first kappa shape index (κ1) is 10.1. The molecule has 0 bridgehead atoms. The zero-order chi connectivity index (χ0) is 11.0. The molecule has 5 heteroatoms. The van der Waals surface area contributed by atoms with Gasteiger partial charge in [-0.15, -0.1) is 0 Å². The second-order valence-corrected chi connectivity index (χ2v) is 3.67.